The molecule has 0 saturated carbocycles. The number of thiazole rings is 1. The Morgan fingerprint density at radius 2 is 2.29 bits per heavy atom. The Bertz CT molecular complexity index is 375. The van der Waals surface area contributed by atoms with Gasteiger partial charge in [-0.3, -0.25) is 0 Å². The number of nitrogens with one attached hydrogen (secondary N) is 1. The summed E-state index contributed by atoms with van der Waals surface area (Å²) in [4.78, 5) is 5.81. The van der Waals surface area contributed by atoms with E-state index in [1.165, 1.54) is 4.88 Å². The summed E-state index contributed by atoms with van der Waals surface area (Å²) in [6.45, 7) is 10.4. The third kappa shape index (κ3) is 3.27. The van der Waals surface area contributed by atoms with Gasteiger partial charge in [-0.2, -0.15) is 0 Å². The lowest BCUT2D eigenvalue weighted by Gasteiger charge is -2.20. The van der Waals surface area contributed by atoms with Gasteiger partial charge in [-0.1, -0.05) is 0 Å². The van der Waals surface area contributed by atoms with Gasteiger partial charge < -0.3 is 10.1 Å². The molecule has 0 aliphatic carbocycles. The summed E-state index contributed by atoms with van der Waals surface area (Å²) in [7, 11) is 0. The summed E-state index contributed by atoms with van der Waals surface area (Å²) < 4.78 is 5.81. The molecule has 1 atom stereocenters. The summed E-state index contributed by atoms with van der Waals surface area (Å²) in [5.41, 5.74) is 0.0164. The van der Waals surface area contributed by atoms with E-state index in [2.05, 4.69) is 38.0 Å². The van der Waals surface area contributed by atoms with Gasteiger partial charge in [0, 0.05) is 29.8 Å². The number of hydrogen-bond donors (Lipinski definition) is 1. The number of hydrogen-bond acceptors (Lipinski definition) is 4. The number of ether oxygens (including phenoxy) is 1. The van der Waals surface area contributed by atoms with E-state index in [0.717, 1.165) is 31.0 Å². The van der Waals surface area contributed by atoms with E-state index in [-0.39, 0.29) is 11.1 Å². The largest absolute Gasteiger partial charge is 0.368 e. The molecule has 2 rings (SSSR count). The van der Waals surface area contributed by atoms with Crippen LogP contribution in [0.4, 0.5) is 0 Å². The standard InChI is InChI=1S/C13H22N2OS/c1-12(2,3)15-9-10-8-14-11(17-10)13(4)6-5-7-16-13/h8,15H,5-7,9H2,1-4H3. The lowest BCUT2D eigenvalue weighted by atomic mass is 10.0. The smallest absolute Gasteiger partial charge is 0.125 e. The molecule has 0 bridgehead atoms. The minimum Gasteiger partial charge on any atom is -0.368 e. The molecule has 17 heavy (non-hydrogen) atoms. The molecule has 0 amide bonds. The molecule has 0 radical (unpaired) electrons. The Labute approximate surface area is 108 Å². The van der Waals surface area contributed by atoms with Crippen molar-refractivity contribution >= 4 is 11.3 Å². The van der Waals surface area contributed by atoms with Crippen LogP contribution in [0.2, 0.25) is 0 Å². The van der Waals surface area contributed by atoms with Crippen molar-refractivity contribution in [2.45, 2.75) is 58.2 Å². The zero-order chi connectivity index (χ0) is 12.5. The second kappa shape index (κ2) is 4.67. The van der Waals surface area contributed by atoms with Crippen LogP contribution in [-0.4, -0.2) is 17.1 Å². The third-order valence-electron chi connectivity index (χ3n) is 3.02. The second-order valence-corrected chi connectivity index (χ2v) is 7.03. The summed E-state index contributed by atoms with van der Waals surface area (Å²) in [6, 6.07) is 0. The quantitative estimate of drug-likeness (QED) is 0.900. The van der Waals surface area contributed by atoms with Crippen molar-refractivity contribution in [2.75, 3.05) is 6.61 Å². The van der Waals surface area contributed by atoms with Gasteiger partial charge in [0.1, 0.15) is 10.6 Å². The maximum Gasteiger partial charge on any atom is 0.125 e. The Kier molecular flexibility index (Phi) is 3.57. The van der Waals surface area contributed by atoms with Crippen molar-refractivity contribution in [1.82, 2.24) is 10.3 Å². The molecule has 1 fully saturated rings. The molecule has 1 aliphatic heterocycles. The molecule has 1 aromatic rings. The van der Waals surface area contributed by atoms with E-state index >= 15 is 0 Å². The first kappa shape index (κ1) is 13.0. The van der Waals surface area contributed by atoms with Crippen molar-refractivity contribution in [2.24, 2.45) is 0 Å². The molecule has 1 N–H and O–H groups in total. The SMILES string of the molecule is CC(C)(C)NCc1cnc(C2(C)CCCO2)s1. The molecule has 1 aromatic heterocycles. The summed E-state index contributed by atoms with van der Waals surface area (Å²) >= 11 is 1.77. The lowest BCUT2D eigenvalue weighted by Crippen LogP contribution is -2.34. The highest BCUT2D eigenvalue weighted by Gasteiger charge is 2.34. The highest BCUT2D eigenvalue weighted by atomic mass is 32.1. The molecule has 0 spiro atoms. The van der Waals surface area contributed by atoms with Crippen LogP contribution in [0.1, 0.15) is 50.4 Å². The van der Waals surface area contributed by atoms with Gasteiger partial charge >= 0.3 is 0 Å². The van der Waals surface area contributed by atoms with E-state index in [9.17, 15) is 0 Å². The maximum absolute atomic E-state index is 5.81. The average molecular weight is 254 g/mol. The topological polar surface area (TPSA) is 34.2 Å². The Morgan fingerprint density at radius 3 is 2.88 bits per heavy atom. The maximum atomic E-state index is 5.81. The van der Waals surface area contributed by atoms with Crippen LogP contribution in [0.3, 0.4) is 0 Å². The van der Waals surface area contributed by atoms with Crippen molar-refractivity contribution in [3.8, 4) is 0 Å². The van der Waals surface area contributed by atoms with E-state index in [1.807, 2.05) is 6.20 Å². The van der Waals surface area contributed by atoms with Crippen LogP contribution < -0.4 is 5.32 Å². The molecule has 4 heteroatoms. The van der Waals surface area contributed by atoms with Crippen molar-refractivity contribution in [3.05, 3.63) is 16.1 Å². The van der Waals surface area contributed by atoms with Crippen molar-refractivity contribution in [1.29, 1.82) is 0 Å². The number of rotatable bonds is 3. The number of aromatic nitrogens is 1. The van der Waals surface area contributed by atoms with Crippen molar-refractivity contribution < 1.29 is 4.74 Å². The monoisotopic (exact) mass is 254 g/mol. The van der Waals surface area contributed by atoms with Gasteiger partial charge in [0.15, 0.2) is 0 Å². The molecule has 96 valence electrons. The fraction of sp³-hybridized carbons (Fsp3) is 0.769. The van der Waals surface area contributed by atoms with Gasteiger partial charge in [-0.15, -0.1) is 11.3 Å². The highest BCUT2D eigenvalue weighted by molar-refractivity contribution is 7.11. The second-order valence-electron chi connectivity index (χ2n) is 5.92. The predicted molar refractivity (Wildman–Crippen MR) is 71.2 cm³/mol. The van der Waals surface area contributed by atoms with Gasteiger partial charge in [0.05, 0.1) is 0 Å². The molecule has 1 saturated heterocycles. The summed E-state index contributed by atoms with van der Waals surface area (Å²) in [5.74, 6) is 0. The zero-order valence-corrected chi connectivity index (χ0v) is 12.0. The minimum absolute atomic E-state index is 0.134. The summed E-state index contributed by atoms with van der Waals surface area (Å²) in [5, 5.41) is 4.61. The van der Waals surface area contributed by atoms with E-state index in [4.69, 9.17) is 4.74 Å². The Morgan fingerprint density at radius 1 is 1.53 bits per heavy atom. The molecule has 3 nitrogen and oxygen atoms in total. The van der Waals surface area contributed by atoms with Crippen LogP contribution in [0.25, 0.3) is 0 Å². The third-order valence-corrected chi connectivity index (χ3v) is 4.26. The van der Waals surface area contributed by atoms with Crippen LogP contribution in [0, 0.1) is 0 Å². The van der Waals surface area contributed by atoms with E-state index in [1.54, 1.807) is 11.3 Å². The highest BCUT2D eigenvalue weighted by Crippen LogP contribution is 2.37. The predicted octanol–water partition coefficient (Wildman–Crippen LogP) is 3.06. The van der Waals surface area contributed by atoms with E-state index < -0.39 is 0 Å². The lowest BCUT2D eigenvalue weighted by molar-refractivity contribution is 0.0166. The first-order valence-electron chi connectivity index (χ1n) is 6.23. The first-order valence-corrected chi connectivity index (χ1v) is 7.05. The molecule has 1 unspecified atom stereocenters. The van der Waals surface area contributed by atoms with E-state index in [0.29, 0.717) is 0 Å². The first-order chi connectivity index (χ1) is 7.89. The summed E-state index contributed by atoms with van der Waals surface area (Å²) in [6.07, 6.45) is 4.21. The van der Waals surface area contributed by atoms with Gasteiger partial charge in [0.25, 0.3) is 0 Å². The fourth-order valence-corrected chi connectivity index (χ4v) is 2.91. The van der Waals surface area contributed by atoms with Crippen LogP contribution >= 0.6 is 11.3 Å². The minimum atomic E-state index is -0.134. The fourth-order valence-electron chi connectivity index (χ4n) is 1.93. The van der Waals surface area contributed by atoms with Crippen LogP contribution in [0.5, 0.6) is 0 Å². The van der Waals surface area contributed by atoms with Crippen molar-refractivity contribution in [3.63, 3.8) is 0 Å². The normalized spacial score (nSPS) is 25.4. The Balaban J connectivity index is 2.01. The van der Waals surface area contributed by atoms with Gasteiger partial charge in [-0.05, 0) is 40.5 Å². The van der Waals surface area contributed by atoms with Gasteiger partial charge in [0.2, 0.25) is 0 Å². The average Bonchev–Trinajstić information content (AvgIpc) is 2.83. The molecular weight excluding hydrogens is 232 g/mol. The van der Waals surface area contributed by atoms with Gasteiger partial charge in [-0.25, -0.2) is 4.98 Å². The number of nitrogens with zero attached hydrogens (tertiary/aromatic N) is 1. The van der Waals surface area contributed by atoms with Crippen LogP contribution in [0.15, 0.2) is 6.20 Å². The molecule has 0 aromatic carbocycles. The molecular formula is C13H22N2OS. The molecule has 2 heterocycles. The van der Waals surface area contributed by atoms with Crippen LogP contribution in [-0.2, 0) is 16.9 Å². The zero-order valence-electron chi connectivity index (χ0n) is 11.2. The molecule has 1 aliphatic rings. The Hall–Kier alpha value is -0.450.